The van der Waals surface area contributed by atoms with E-state index < -0.39 is 0 Å². The molecule has 1 saturated heterocycles. The fraction of sp³-hybridized carbons (Fsp3) is 0.455. The van der Waals surface area contributed by atoms with Crippen LogP contribution >= 0.6 is 0 Å². The Balaban J connectivity index is 2.19. The number of methoxy groups -OCH3 is 1. The van der Waals surface area contributed by atoms with Crippen LogP contribution in [0.2, 0.25) is 0 Å². The third-order valence-corrected chi connectivity index (χ3v) is 2.74. The Kier molecular flexibility index (Phi) is 2.94. The van der Waals surface area contributed by atoms with E-state index in [-0.39, 0.29) is 17.8 Å². The van der Waals surface area contributed by atoms with Gasteiger partial charge in [0.25, 0.3) is 0 Å². The molecule has 1 aromatic rings. The molecule has 0 amide bonds. The summed E-state index contributed by atoms with van der Waals surface area (Å²) in [6, 6.07) is 3.00. The molecule has 0 saturated carbocycles. The largest absolute Gasteiger partial charge is 0.467 e. The summed E-state index contributed by atoms with van der Waals surface area (Å²) in [5.41, 5.74) is 0. The molecular formula is C11H13NO4. The van der Waals surface area contributed by atoms with Crippen molar-refractivity contribution in [2.45, 2.75) is 18.9 Å². The zero-order chi connectivity index (χ0) is 11.5. The van der Waals surface area contributed by atoms with E-state index >= 15 is 0 Å². The van der Waals surface area contributed by atoms with Crippen molar-refractivity contribution in [3.05, 3.63) is 17.9 Å². The third kappa shape index (κ3) is 1.80. The van der Waals surface area contributed by atoms with E-state index in [0.29, 0.717) is 12.2 Å². The van der Waals surface area contributed by atoms with E-state index in [1.807, 2.05) is 4.90 Å². The fourth-order valence-corrected chi connectivity index (χ4v) is 1.97. The monoisotopic (exact) mass is 223 g/mol. The summed E-state index contributed by atoms with van der Waals surface area (Å²) in [7, 11) is 1.37. The van der Waals surface area contributed by atoms with Crippen molar-refractivity contribution >= 4 is 18.1 Å². The number of ether oxygens (including phenoxy) is 1. The van der Waals surface area contributed by atoms with Crippen LogP contribution in [0.25, 0.3) is 0 Å². The lowest BCUT2D eigenvalue weighted by molar-refractivity contribution is -0.142. The molecule has 2 rings (SSSR count). The topological polar surface area (TPSA) is 59.8 Å². The zero-order valence-corrected chi connectivity index (χ0v) is 9.01. The minimum absolute atomic E-state index is 0.262. The zero-order valence-electron chi connectivity index (χ0n) is 9.01. The fourth-order valence-electron chi connectivity index (χ4n) is 1.97. The van der Waals surface area contributed by atoms with Gasteiger partial charge in [0.15, 0.2) is 17.9 Å². The Morgan fingerprint density at radius 3 is 3.06 bits per heavy atom. The Bertz CT molecular complexity index is 398. The molecule has 0 aromatic carbocycles. The predicted molar refractivity (Wildman–Crippen MR) is 56.5 cm³/mol. The number of carbonyl (C=O) groups excluding carboxylic acids is 2. The van der Waals surface area contributed by atoms with Crippen LogP contribution in [0.5, 0.6) is 0 Å². The first-order valence-electron chi connectivity index (χ1n) is 5.15. The maximum atomic E-state index is 11.5. The molecule has 1 atom stereocenters. The van der Waals surface area contributed by atoms with Gasteiger partial charge in [-0.25, -0.2) is 4.79 Å². The molecule has 2 heterocycles. The van der Waals surface area contributed by atoms with Gasteiger partial charge >= 0.3 is 5.97 Å². The summed E-state index contributed by atoms with van der Waals surface area (Å²) >= 11 is 0. The van der Waals surface area contributed by atoms with Crippen molar-refractivity contribution in [2.75, 3.05) is 18.6 Å². The SMILES string of the molecule is COC(=O)C1CCCN1c1ccc(C=O)o1. The molecule has 1 aliphatic rings. The average molecular weight is 223 g/mol. The summed E-state index contributed by atoms with van der Waals surface area (Å²) in [6.07, 6.45) is 2.31. The number of anilines is 1. The lowest BCUT2D eigenvalue weighted by Gasteiger charge is -2.21. The molecule has 1 aliphatic heterocycles. The standard InChI is InChI=1S/C11H13NO4/c1-15-11(14)9-3-2-6-12(9)10-5-4-8(7-13)16-10/h4-5,7,9H,2-3,6H2,1H3. The number of aldehydes is 1. The molecule has 0 aliphatic carbocycles. The van der Waals surface area contributed by atoms with Crippen LogP contribution in [0, 0.1) is 0 Å². The number of furan rings is 1. The van der Waals surface area contributed by atoms with Gasteiger partial charge in [-0.2, -0.15) is 0 Å². The van der Waals surface area contributed by atoms with Crippen molar-refractivity contribution in [3.63, 3.8) is 0 Å². The molecule has 0 bridgehead atoms. The first-order chi connectivity index (χ1) is 7.76. The summed E-state index contributed by atoms with van der Waals surface area (Å²) in [5, 5.41) is 0. The van der Waals surface area contributed by atoms with E-state index in [2.05, 4.69) is 0 Å². The molecular weight excluding hydrogens is 210 g/mol. The summed E-state index contributed by atoms with van der Waals surface area (Å²) < 4.78 is 10.0. The number of esters is 1. The molecule has 86 valence electrons. The minimum Gasteiger partial charge on any atom is -0.467 e. The van der Waals surface area contributed by atoms with Crippen LogP contribution in [-0.2, 0) is 9.53 Å². The van der Waals surface area contributed by atoms with Crippen molar-refractivity contribution in [3.8, 4) is 0 Å². The lowest BCUT2D eigenvalue weighted by atomic mass is 10.2. The van der Waals surface area contributed by atoms with Crippen LogP contribution < -0.4 is 4.90 Å². The van der Waals surface area contributed by atoms with Crippen LogP contribution in [0.15, 0.2) is 16.5 Å². The second kappa shape index (κ2) is 4.38. The number of rotatable bonds is 3. The highest BCUT2D eigenvalue weighted by Crippen LogP contribution is 2.27. The highest BCUT2D eigenvalue weighted by Gasteiger charge is 2.33. The number of hydrogen-bond acceptors (Lipinski definition) is 5. The van der Waals surface area contributed by atoms with Crippen LogP contribution in [0.1, 0.15) is 23.4 Å². The van der Waals surface area contributed by atoms with E-state index in [1.54, 1.807) is 12.1 Å². The molecule has 1 unspecified atom stereocenters. The maximum Gasteiger partial charge on any atom is 0.328 e. The van der Waals surface area contributed by atoms with Gasteiger partial charge in [-0.15, -0.1) is 0 Å². The van der Waals surface area contributed by atoms with E-state index in [1.165, 1.54) is 7.11 Å². The molecule has 1 fully saturated rings. The average Bonchev–Trinajstić information content (AvgIpc) is 2.95. The van der Waals surface area contributed by atoms with Crippen molar-refractivity contribution in [1.29, 1.82) is 0 Å². The third-order valence-electron chi connectivity index (χ3n) is 2.74. The first kappa shape index (κ1) is 10.7. The maximum absolute atomic E-state index is 11.5. The van der Waals surface area contributed by atoms with Gasteiger partial charge in [0.2, 0.25) is 0 Å². The molecule has 16 heavy (non-hydrogen) atoms. The second-order valence-electron chi connectivity index (χ2n) is 3.67. The number of hydrogen-bond donors (Lipinski definition) is 0. The molecule has 5 nitrogen and oxygen atoms in total. The number of carbonyl (C=O) groups is 2. The van der Waals surface area contributed by atoms with Gasteiger partial charge in [0.1, 0.15) is 6.04 Å². The van der Waals surface area contributed by atoms with Gasteiger partial charge in [-0.05, 0) is 18.9 Å². The van der Waals surface area contributed by atoms with Gasteiger partial charge in [-0.1, -0.05) is 0 Å². The smallest absolute Gasteiger partial charge is 0.328 e. The minimum atomic E-state index is -0.296. The van der Waals surface area contributed by atoms with Crippen molar-refractivity contribution in [2.24, 2.45) is 0 Å². The summed E-state index contributed by atoms with van der Waals surface area (Å²) in [4.78, 5) is 23.8. The summed E-state index contributed by atoms with van der Waals surface area (Å²) in [6.45, 7) is 0.742. The van der Waals surface area contributed by atoms with Crippen LogP contribution in [0.3, 0.4) is 0 Å². The first-order valence-corrected chi connectivity index (χ1v) is 5.15. The second-order valence-corrected chi connectivity index (χ2v) is 3.67. The highest BCUT2D eigenvalue weighted by atomic mass is 16.5. The number of nitrogens with zero attached hydrogens (tertiary/aromatic N) is 1. The Morgan fingerprint density at radius 2 is 2.44 bits per heavy atom. The van der Waals surface area contributed by atoms with Gasteiger partial charge in [0.05, 0.1) is 7.11 Å². The Morgan fingerprint density at radius 1 is 1.62 bits per heavy atom. The molecule has 5 heteroatoms. The highest BCUT2D eigenvalue weighted by molar-refractivity contribution is 5.80. The van der Waals surface area contributed by atoms with Crippen LogP contribution in [-0.4, -0.2) is 32.0 Å². The van der Waals surface area contributed by atoms with Gasteiger partial charge in [0, 0.05) is 12.6 Å². The predicted octanol–water partition coefficient (Wildman–Crippen LogP) is 1.23. The normalized spacial score (nSPS) is 19.8. The van der Waals surface area contributed by atoms with Gasteiger partial charge in [-0.3, -0.25) is 4.79 Å². The van der Waals surface area contributed by atoms with Crippen molar-refractivity contribution < 1.29 is 18.7 Å². The van der Waals surface area contributed by atoms with E-state index in [4.69, 9.17) is 9.15 Å². The Labute approximate surface area is 93.0 Å². The van der Waals surface area contributed by atoms with E-state index in [0.717, 1.165) is 19.4 Å². The quantitative estimate of drug-likeness (QED) is 0.569. The van der Waals surface area contributed by atoms with E-state index in [9.17, 15) is 9.59 Å². The molecule has 0 spiro atoms. The molecule has 0 radical (unpaired) electrons. The van der Waals surface area contributed by atoms with Crippen molar-refractivity contribution in [1.82, 2.24) is 0 Å². The molecule has 1 aromatic heterocycles. The van der Waals surface area contributed by atoms with Crippen LogP contribution in [0.4, 0.5) is 5.88 Å². The van der Waals surface area contributed by atoms with Gasteiger partial charge < -0.3 is 14.1 Å². The lowest BCUT2D eigenvalue weighted by Crippen LogP contribution is -2.36. The Hall–Kier alpha value is -1.78. The molecule has 0 N–H and O–H groups in total. The summed E-state index contributed by atoms with van der Waals surface area (Å²) in [5.74, 6) is 0.557.